The monoisotopic (exact) mass is 402 g/mol. The summed E-state index contributed by atoms with van der Waals surface area (Å²) in [6.07, 6.45) is -1.39. The molecule has 1 amide bonds. The molecule has 0 atom stereocenters. The van der Waals surface area contributed by atoms with Crippen molar-refractivity contribution in [3.63, 3.8) is 0 Å². The van der Waals surface area contributed by atoms with Gasteiger partial charge in [-0.25, -0.2) is 4.98 Å². The first-order valence-corrected chi connectivity index (χ1v) is 7.99. The summed E-state index contributed by atoms with van der Waals surface area (Å²) in [6.45, 7) is 0.227. The molecule has 0 aliphatic rings. The van der Waals surface area contributed by atoms with Gasteiger partial charge >= 0.3 is 6.43 Å². The third kappa shape index (κ3) is 4.17. The summed E-state index contributed by atoms with van der Waals surface area (Å²) in [5, 5.41) is 9.98. The number of alkyl halides is 2. The Bertz CT molecular complexity index is 929. The SMILES string of the molecule is O=C(NCCc1nc(-c2nnc(C(F)F)o2)co1)c1ccc(Cl)c(Cl)c1. The smallest absolute Gasteiger partial charge is 0.314 e. The molecule has 0 saturated carbocycles. The summed E-state index contributed by atoms with van der Waals surface area (Å²) in [4.78, 5) is 16.1. The van der Waals surface area contributed by atoms with Crippen LogP contribution in [-0.4, -0.2) is 27.6 Å². The predicted molar refractivity (Wildman–Crippen MR) is 87.3 cm³/mol. The van der Waals surface area contributed by atoms with Crippen molar-refractivity contribution in [1.82, 2.24) is 20.5 Å². The Kier molecular flexibility index (Phi) is 5.48. The van der Waals surface area contributed by atoms with Gasteiger partial charge in [-0.2, -0.15) is 8.78 Å². The lowest BCUT2D eigenvalue weighted by atomic mass is 10.2. The van der Waals surface area contributed by atoms with Crippen LogP contribution >= 0.6 is 23.2 Å². The van der Waals surface area contributed by atoms with Gasteiger partial charge in [0.2, 0.25) is 0 Å². The topological polar surface area (TPSA) is 94.1 Å². The highest BCUT2D eigenvalue weighted by Crippen LogP contribution is 2.23. The molecule has 0 saturated heterocycles. The molecule has 1 aromatic carbocycles. The van der Waals surface area contributed by atoms with Crippen molar-refractivity contribution < 1.29 is 22.4 Å². The fourth-order valence-electron chi connectivity index (χ4n) is 1.97. The summed E-state index contributed by atoms with van der Waals surface area (Å²) in [6, 6.07) is 4.53. The number of carbonyl (C=O) groups excluding carboxylic acids is 1. The second-order valence-corrected chi connectivity index (χ2v) is 5.82. The van der Waals surface area contributed by atoms with E-state index in [4.69, 9.17) is 32.0 Å². The Morgan fingerprint density at radius 1 is 1.23 bits per heavy atom. The van der Waals surface area contributed by atoms with E-state index in [1.165, 1.54) is 18.4 Å². The van der Waals surface area contributed by atoms with Crippen LogP contribution in [0.1, 0.15) is 28.6 Å². The lowest BCUT2D eigenvalue weighted by Gasteiger charge is -2.04. The second kappa shape index (κ2) is 7.79. The lowest BCUT2D eigenvalue weighted by molar-refractivity contribution is 0.0953. The number of oxazole rings is 1. The van der Waals surface area contributed by atoms with Crippen molar-refractivity contribution in [2.45, 2.75) is 12.8 Å². The Morgan fingerprint density at radius 2 is 2.04 bits per heavy atom. The van der Waals surface area contributed by atoms with E-state index in [1.54, 1.807) is 6.07 Å². The van der Waals surface area contributed by atoms with Gasteiger partial charge in [0.05, 0.1) is 10.0 Å². The third-order valence-corrected chi connectivity index (χ3v) is 3.94. The van der Waals surface area contributed by atoms with E-state index < -0.39 is 12.3 Å². The highest BCUT2D eigenvalue weighted by molar-refractivity contribution is 6.42. The third-order valence-electron chi connectivity index (χ3n) is 3.20. The number of halogens is 4. The minimum absolute atomic E-state index is 0.134. The van der Waals surface area contributed by atoms with Crippen LogP contribution < -0.4 is 5.32 Å². The summed E-state index contributed by atoms with van der Waals surface area (Å²) in [5.74, 6) is -1.03. The molecule has 2 heterocycles. The van der Waals surface area contributed by atoms with E-state index in [9.17, 15) is 13.6 Å². The minimum atomic E-state index is -2.86. The maximum Gasteiger partial charge on any atom is 0.314 e. The van der Waals surface area contributed by atoms with Gasteiger partial charge in [0.25, 0.3) is 17.7 Å². The lowest BCUT2D eigenvalue weighted by Crippen LogP contribution is -2.25. The van der Waals surface area contributed by atoms with Gasteiger partial charge in [-0.1, -0.05) is 23.2 Å². The maximum atomic E-state index is 12.4. The number of aromatic nitrogens is 3. The average Bonchev–Trinajstić information content (AvgIpc) is 3.26. The summed E-state index contributed by atoms with van der Waals surface area (Å²) >= 11 is 11.7. The van der Waals surface area contributed by atoms with Crippen LogP contribution in [-0.2, 0) is 6.42 Å². The van der Waals surface area contributed by atoms with Crippen LogP contribution in [0, 0.1) is 0 Å². The molecular weight excluding hydrogens is 393 g/mol. The van der Waals surface area contributed by atoms with Crippen LogP contribution in [0.15, 0.2) is 33.3 Å². The molecule has 0 spiro atoms. The van der Waals surface area contributed by atoms with Crippen molar-refractivity contribution in [2.75, 3.05) is 6.54 Å². The molecule has 0 aliphatic carbocycles. The second-order valence-electron chi connectivity index (χ2n) is 5.01. The molecule has 0 unspecified atom stereocenters. The maximum absolute atomic E-state index is 12.4. The van der Waals surface area contributed by atoms with Crippen molar-refractivity contribution in [1.29, 1.82) is 0 Å². The first kappa shape index (κ1) is 18.3. The molecule has 0 radical (unpaired) electrons. The summed E-state index contributed by atoms with van der Waals surface area (Å²) in [7, 11) is 0. The van der Waals surface area contributed by atoms with E-state index in [-0.39, 0.29) is 41.4 Å². The molecule has 3 aromatic rings. The van der Waals surface area contributed by atoms with Crippen molar-refractivity contribution in [3.8, 4) is 11.6 Å². The number of hydrogen-bond acceptors (Lipinski definition) is 6. The van der Waals surface area contributed by atoms with Crippen LogP contribution in [0.4, 0.5) is 8.78 Å². The van der Waals surface area contributed by atoms with Crippen molar-refractivity contribution in [3.05, 3.63) is 51.9 Å². The number of carbonyl (C=O) groups is 1. The van der Waals surface area contributed by atoms with E-state index in [1.807, 2.05) is 0 Å². The largest absolute Gasteiger partial charge is 0.448 e. The van der Waals surface area contributed by atoms with Crippen molar-refractivity contribution in [2.24, 2.45) is 0 Å². The van der Waals surface area contributed by atoms with E-state index in [2.05, 4.69) is 20.5 Å². The molecule has 2 aromatic heterocycles. The molecule has 11 heteroatoms. The standard InChI is InChI=1S/C15H10Cl2F2N4O3/c16-8-2-1-7(5-9(8)17)13(24)20-4-3-11-21-10(6-25-11)14-22-23-15(26-14)12(18)19/h1-2,5-6,12H,3-4H2,(H,20,24). The molecule has 0 aliphatic heterocycles. The molecular formula is C15H10Cl2F2N4O3. The number of hydrogen-bond donors (Lipinski definition) is 1. The quantitative estimate of drug-likeness (QED) is 0.670. The van der Waals surface area contributed by atoms with Crippen LogP contribution in [0.3, 0.4) is 0 Å². The number of amides is 1. The van der Waals surface area contributed by atoms with Crippen molar-refractivity contribution >= 4 is 29.1 Å². The molecule has 1 N–H and O–H groups in total. The number of nitrogens with zero attached hydrogens (tertiary/aromatic N) is 3. The zero-order valence-electron chi connectivity index (χ0n) is 12.9. The van der Waals surface area contributed by atoms with E-state index in [0.29, 0.717) is 10.6 Å². The Hall–Kier alpha value is -2.52. The Labute approximate surface area is 155 Å². The molecule has 136 valence electrons. The molecule has 0 fully saturated rings. The summed E-state index contributed by atoms with van der Waals surface area (Å²) in [5.41, 5.74) is 0.494. The highest BCUT2D eigenvalue weighted by atomic mass is 35.5. The summed E-state index contributed by atoms with van der Waals surface area (Å²) < 4.78 is 34.8. The number of rotatable bonds is 6. The van der Waals surface area contributed by atoms with Gasteiger partial charge in [-0.3, -0.25) is 4.79 Å². The Balaban J connectivity index is 1.56. The Morgan fingerprint density at radius 3 is 2.73 bits per heavy atom. The molecule has 26 heavy (non-hydrogen) atoms. The van der Waals surface area contributed by atoms with Crippen LogP contribution in [0.2, 0.25) is 10.0 Å². The predicted octanol–water partition coefficient (Wildman–Crippen LogP) is 3.94. The van der Waals surface area contributed by atoms with Gasteiger partial charge in [-0.05, 0) is 18.2 Å². The molecule has 3 rings (SSSR count). The van der Waals surface area contributed by atoms with Gasteiger partial charge in [0, 0.05) is 18.5 Å². The normalized spacial score (nSPS) is 11.1. The highest BCUT2D eigenvalue weighted by Gasteiger charge is 2.19. The molecule has 0 bridgehead atoms. The van der Waals surface area contributed by atoms with Gasteiger partial charge < -0.3 is 14.2 Å². The van der Waals surface area contributed by atoms with E-state index >= 15 is 0 Å². The first-order chi connectivity index (χ1) is 12.4. The van der Waals surface area contributed by atoms with Crippen LogP contribution in [0.25, 0.3) is 11.6 Å². The van der Waals surface area contributed by atoms with Crippen LogP contribution in [0.5, 0.6) is 0 Å². The van der Waals surface area contributed by atoms with E-state index in [0.717, 1.165) is 0 Å². The fourth-order valence-corrected chi connectivity index (χ4v) is 2.27. The minimum Gasteiger partial charge on any atom is -0.448 e. The van der Waals surface area contributed by atoms with Gasteiger partial charge in [0.1, 0.15) is 6.26 Å². The average molecular weight is 403 g/mol. The number of benzene rings is 1. The molecule has 7 nitrogen and oxygen atoms in total. The first-order valence-electron chi connectivity index (χ1n) is 7.23. The zero-order chi connectivity index (χ0) is 18.7. The fraction of sp³-hybridized carbons (Fsp3) is 0.200. The zero-order valence-corrected chi connectivity index (χ0v) is 14.4. The van der Waals surface area contributed by atoms with Gasteiger partial charge in [-0.15, -0.1) is 10.2 Å². The number of nitrogens with one attached hydrogen (secondary N) is 1. The van der Waals surface area contributed by atoms with Gasteiger partial charge in [0.15, 0.2) is 11.6 Å².